The lowest BCUT2D eigenvalue weighted by Crippen LogP contribution is -2.31. The molecule has 1 atom stereocenters. The van der Waals surface area contributed by atoms with E-state index in [1.807, 2.05) is 0 Å². The SMILES string of the molecule is C[C@H](C(=O)Nc1ccc(F)cc1)S(C)(=O)=O. The summed E-state index contributed by atoms with van der Waals surface area (Å²) < 4.78 is 34.8. The molecule has 1 N–H and O–H groups in total. The van der Waals surface area contributed by atoms with Crippen LogP contribution in [0, 0.1) is 5.82 Å². The van der Waals surface area contributed by atoms with Crippen LogP contribution in [0.15, 0.2) is 24.3 Å². The zero-order chi connectivity index (χ0) is 12.3. The van der Waals surface area contributed by atoms with Crippen LogP contribution in [0.3, 0.4) is 0 Å². The van der Waals surface area contributed by atoms with Crippen molar-refractivity contribution in [2.75, 3.05) is 11.6 Å². The number of rotatable bonds is 3. The lowest BCUT2D eigenvalue weighted by atomic mass is 10.3. The summed E-state index contributed by atoms with van der Waals surface area (Å²) in [6.45, 7) is 1.30. The first-order valence-electron chi connectivity index (χ1n) is 4.56. The molecule has 0 bridgehead atoms. The molecule has 0 saturated heterocycles. The Bertz CT molecular complexity index is 481. The summed E-state index contributed by atoms with van der Waals surface area (Å²) in [4.78, 5) is 11.5. The maximum Gasteiger partial charge on any atom is 0.242 e. The van der Waals surface area contributed by atoms with Crippen LogP contribution in [0.2, 0.25) is 0 Å². The van der Waals surface area contributed by atoms with Crippen molar-refractivity contribution in [3.8, 4) is 0 Å². The molecule has 1 aromatic rings. The minimum absolute atomic E-state index is 0.363. The molecule has 0 heterocycles. The number of carbonyl (C=O) groups is 1. The molecule has 0 aliphatic carbocycles. The van der Waals surface area contributed by atoms with Gasteiger partial charge in [-0.2, -0.15) is 0 Å². The standard InChI is InChI=1S/C10H12FNO3S/c1-7(16(2,14)15)10(13)12-9-5-3-8(11)4-6-9/h3-7H,1-2H3,(H,12,13)/t7-/m1/s1. The molecule has 4 nitrogen and oxygen atoms in total. The van der Waals surface area contributed by atoms with Gasteiger partial charge in [-0.25, -0.2) is 12.8 Å². The van der Waals surface area contributed by atoms with E-state index in [0.717, 1.165) is 6.26 Å². The summed E-state index contributed by atoms with van der Waals surface area (Å²) >= 11 is 0. The molecule has 1 aromatic carbocycles. The zero-order valence-corrected chi connectivity index (χ0v) is 9.71. The van der Waals surface area contributed by atoms with Crippen molar-refractivity contribution in [3.05, 3.63) is 30.1 Å². The van der Waals surface area contributed by atoms with E-state index in [0.29, 0.717) is 5.69 Å². The fourth-order valence-electron chi connectivity index (χ4n) is 0.972. The summed E-state index contributed by atoms with van der Waals surface area (Å²) in [5, 5.41) is 1.26. The number of amides is 1. The number of halogens is 1. The molecule has 6 heteroatoms. The summed E-state index contributed by atoms with van der Waals surface area (Å²) in [5.41, 5.74) is 0.363. The number of carbonyl (C=O) groups excluding carboxylic acids is 1. The van der Waals surface area contributed by atoms with Crippen molar-refractivity contribution in [1.82, 2.24) is 0 Å². The Morgan fingerprint density at radius 2 is 1.81 bits per heavy atom. The van der Waals surface area contributed by atoms with Crippen molar-refractivity contribution < 1.29 is 17.6 Å². The van der Waals surface area contributed by atoms with Crippen molar-refractivity contribution in [3.63, 3.8) is 0 Å². The van der Waals surface area contributed by atoms with E-state index in [2.05, 4.69) is 5.32 Å². The molecule has 0 aromatic heterocycles. The second-order valence-electron chi connectivity index (χ2n) is 3.47. The monoisotopic (exact) mass is 245 g/mol. The van der Waals surface area contributed by atoms with Gasteiger partial charge in [0.25, 0.3) is 0 Å². The van der Waals surface area contributed by atoms with Gasteiger partial charge in [0.15, 0.2) is 9.84 Å². The lowest BCUT2D eigenvalue weighted by Gasteiger charge is -2.10. The van der Waals surface area contributed by atoms with Gasteiger partial charge in [-0.1, -0.05) is 0 Å². The van der Waals surface area contributed by atoms with Crippen LogP contribution in [0.1, 0.15) is 6.92 Å². The largest absolute Gasteiger partial charge is 0.325 e. The third kappa shape index (κ3) is 3.30. The third-order valence-electron chi connectivity index (χ3n) is 2.12. The Morgan fingerprint density at radius 3 is 2.25 bits per heavy atom. The van der Waals surface area contributed by atoms with E-state index < -0.39 is 26.8 Å². The van der Waals surface area contributed by atoms with E-state index in [1.54, 1.807) is 0 Å². The van der Waals surface area contributed by atoms with Gasteiger partial charge >= 0.3 is 0 Å². The Morgan fingerprint density at radius 1 is 1.31 bits per heavy atom. The Balaban J connectivity index is 2.76. The first-order chi connectivity index (χ1) is 7.30. The molecule has 0 fully saturated rings. The normalized spacial score (nSPS) is 13.2. The fraction of sp³-hybridized carbons (Fsp3) is 0.300. The fourth-order valence-corrected chi connectivity index (χ4v) is 1.42. The topological polar surface area (TPSA) is 63.2 Å². The van der Waals surface area contributed by atoms with Gasteiger partial charge < -0.3 is 5.32 Å². The van der Waals surface area contributed by atoms with Crippen molar-refractivity contribution in [2.24, 2.45) is 0 Å². The van der Waals surface area contributed by atoms with E-state index >= 15 is 0 Å². The van der Waals surface area contributed by atoms with Crippen LogP contribution in [-0.4, -0.2) is 25.8 Å². The predicted octanol–water partition coefficient (Wildman–Crippen LogP) is 1.20. The van der Waals surface area contributed by atoms with E-state index in [9.17, 15) is 17.6 Å². The van der Waals surface area contributed by atoms with Gasteiger partial charge in [0.05, 0.1) is 0 Å². The minimum atomic E-state index is -3.42. The van der Waals surface area contributed by atoms with Gasteiger partial charge in [-0.15, -0.1) is 0 Å². The second kappa shape index (κ2) is 4.61. The van der Waals surface area contributed by atoms with Crippen LogP contribution < -0.4 is 5.32 Å². The predicted molar refractivity (Wildman–Crippen MR) is 59.3 cm³/mol. The highest BCUT2D eigenvalue weighted by molar-refractivity contribution is 7.92. The average molecular weight is 245 g/mol. The molecule has 88 valence electrons. The second-order valence-corrected chi connectivity index (χ2v) is 5.83. The number of sulfone groups is 1. The number of hydrogen-bond acceptors (Lipinski definition) is 3. The molecule has 0 spiro atoms. The quantitative estimate of drug-likeness (QED) is 0.870. The maximum atomic E-state index is 12.6. The molecule has 0 unspecified atom stereocenters. The van der Waals surface area contributed by atoms with Gasteiger partial charge in [-0.05, 0) is 31.2 Å². The Hall–Kier alpha value is -1.43. The molecule has 1 amide bonds. The first-order valence-corrected chi connectivity index (χ1v) is 6.51. The Labute approximate surface area is 93.4 Å². The Kier molecular flexibility index (Phi) is 3.64. The van der Waals surface area contributed by atoms with Crippen LogP contribution in [-0.2, 0) is 14.6 Å². The van der Waals surface area contributed by atoms with Crippen molar-refractivity contribution >= 4 is 21.4 Å². The smallest absolute Gasteiger partial charge is 0.242 e. The molecule has 0 aliphatic rings. The first kappa shape index (κ1) is 12.6. The molecule has 0 saturated carbocycles. The molecule has 16 heavy (non-hydrogen) atoms. The van der Waals surface area contributed by atoms with E-state index in [1.165, 1.54) is 31.2 Å². The zero-order valence-electron chi connectivity index (χ0n) is 8.90. The van der Waals surface area contributed by atoms with Gasteiger partial charge in [0, 0.05) is 11.9 Å². The van der Waals surface area contributed by atoms with Crippen LogP contribution in [0.5, 0.6) is 0 Å². The molecule has 1 rings (SSSR count). The summed E-state index contributed by atoms with van der Waals surface area (Å²) in [5.74, 6) is -1.05. The number of nitrogens with one attached hydrogen (secondary N) is 1. The summed E-state index contributed by atoms with van der Waals surface area (Å²) in [7, 11) is -3.42. The lowest BCUT2D eigenvalue weighted by molar-refractivity contribution is -0.115. The van der Waals surface area contributed by atoms with E-state index in [4.69, 9.17) is 0 Å². The van der Waals surface area contributed by atoms with Gasteiger partial charge in [0.2, 0.25) is 5.91 Å². The third-order valence-corrected chi connectivity index (χ3v) is 3.62. The minimum Gasteiger partial charge on any atom is -0.325 e. The van der Waals surface area contributed by atoms with Gasteiger partial charge in [-0.3, -0.25) is 4.79 Å². The van der Waals surface area contributed by atoms with Crippen molar-refractivity contribution in [1.29, 1.82) is 0 Å². The molecular formula is C10H12FNO3S. The van der Waals surface area contributed by atoms with Crippen LogP contribution >= 0.6 is 0 Å². The maximum absolute atomic E-state index is 12.6. The highest BCUT2D eigenvalue weighted by Gasteiger charge is 2.23. The average Bonchev–Trinajstić information content (AvgIpc) is 2.19. The molecule has 0 aliphatic heterocycles. The highest BCUT2D eigenvalue weighted by Crippen LogP contribution is 2.10. The molecular weight excluding hydrogens is 233 g/mol. The number of anilines is 1. The van der Waals surface area contributed by atoms with Crippen LogP contribution in [0.25, 0.3) is 0 Å². The van der Waals surface area contributed by atoms with Crippen LogP contribution in [0.4, 0.5) is 10.1 Å². The molecule has 0 radical (unpaired) electrons. The van der Waals surface area contributed by atoms with E-state index in [-0.39, 0.29) is 0 Å². The van der Waals surface area contributed by atoms with Gasteiger partial charge in [0.1, 0.15) is 11.1 Å². The summed E-state index contributed by atoms with van der Waals surface area (Å²) in [6, 6.07) is 5.09. The number of benzene rings is 1. The van der Waals surface area contributed by atoms with Crippen molar-refractivity contribution in [2.45, 2.75) is 12.2 Å². The highest BCUT2D eigenvalue weighted by atomic mass is 32.2. The number of hydrogen-bond donors (Lipinski definition) is 1. The summed E-state index contributed by atoms with van der Waals surface area (Å²) in [6.07, 6.45) is 0.988.